The maximum atomic E-state index is 11.9. The lowest BCUT2D eigenvalue weighted by atomic mass is 9.88. The van der Waals surface area contributed by atoms with Crippen LogP contribution in [0.3, 0.4) is 0 Å². The molecule has 2 unspecified atom stereocenters. The Balaban J connectivity index is 2.21. The largest absolute Gasteiger partial charge is 0.497 e. The van der Waals surface area contributed by atoms with Gasteiger partial charge < -0.3 is 9.47 Å². The first-order valence-corrected chi connectivity index (χ1v) is 6.24. The number of hydrogen-bond donors (Lipinski definition) is 0. The molecule has 0 aliphatic carbocycles. The fourth-order valence-corrected chi connectivity index (χ4v) is 2.20. The van der Waals surface area contributed by atoms with E-state index in [0.717, 1.165) is 0 Å². The van der Waals surface area contributed by atoms with Gasteiger partial charge in [-0.3, -0.25) is 9.69 Å². The highest BCUT2D eigenvalue weighted by Gasteiger charge is 2.50. The summed E-state index contributed by atoms with van der Waals surface area (Å²) in [4.78, 5) is 25.2. The quantitative estimate of drug-likeness (QED) is 0.611. The first kappa shape index (κ1) is 13.4. The summed E-state index contributed by atoms with van der Waals surface area (Å²) in [5, 5.41) is 0. The van der Waals surface area contributed by atoms with Gasteiger partial charge in [0.1, 0.15) is 11.8 Å². The lowest BCUT2D eigenvalue weighted by Gasteiger charge is -2.43. The van der Waals surface area contributed by atoms with E-state index in [1.165, 1.54) is 4.90 Å². The third-order valence-corrected chi connectivity index (χ3v) is 3.26. The maximum Gasteiger partial charge on any atom is 0.330 e. The lowest BCUT2D eigenvalue weighted by Crippen LogP contribution is -2.64. The molecule has 5 nitrogen and oxygen atoms in total. The molecule has 0 bridgehead atoms. The number of methoxy groups -OCH3 is 1. The molecule has 0 N–H and O–H groups in total. The molecule has 0 spiro atoms. The number of carbonyl (C=O) groups is 2. The van der Waals surface area contributed by atoms with Crippen molar-refractivity contribution < 1.29 is 19.1 Å². The molecule has 1 aromatic carbocycles. The second kappa shape index (κ2) is 5.30. The van der Waals surface area contributed by atoms with Crippen molar-refractivity contribution in [2.45, 2.75) is 19.9 Å². The van der Waals surface area contributed by atoms with Crippen LogP contribution < -0.4 is 9.64 Å². The zero-order valence-corrected chi connectivity index (χ0v) is 11.3. The van der Waals surface area contributed by atoms with E-state index in [1.54, 1.807) is 45.2 Å². The standard InChI is InChI=1S/C14H17NO4/c1-4-19-14(17)12-9(2)13(16)15(12)10-5-7-11(18-3)8-6-10/h5-9,12H,4H2,1-3H3. The average molecular weight is 263 g/mol. The summed E-state index contributed by atoms with van der Waals surface area (Å²) < 4.78 is 10.1. The summed E-state index contributed by atoms with van der Waals surface area (Å²) >= 11 is 0. The number of nitrogens with zero attached hydrogens (tertiary/aromatic N) is 1. The third-order valence-electron chi connectivity index (χ3n) is 3.26. The van der Waals surface area contributed by atoms with Crippen LogP contribution in [0, 0.1) is 5.92 Å². The second-order valence-corrected chi connectivity index (χ2v) is 4.39. The molecule has 2 rings (SSSR count). The van der Waals surface area contributed by atoms with Crippen molar-refractivity contribution in [3.8, 4) is 5.75 Å². The Morgan fingerprint density at radius 3 is 2.47 bits per heavy atom. The van der Waals surface area contributed by atoms with E-state index < -0.39 is 6.04 Å². The van der Waals surface area contributed by atoms with E-state index in [0.29, 0.717) is 18.0 Å². The number of rotatable bonds is 4. The molecule has 1 fully saturated rings. The molecule has 1 heterocycles. The molecule has 102 valence electrons. The number of ether oxygens (including phenoxy) is 2. The average Bonchev–Trinajstić information content (AvgIpc) is 2.44. The van der Waals surface area contributed by atoms with Crippen molar-refractivity contribution in [3.63, 3.8) is 0 Å². The molecule has 0 aromatic heterocycles. The van der Waals surface area contributed by atoms with Crippen LogP contribution in [0.15, 0.2) is 24.3 Å². The predicted octanol–water partition coefficient (Wildman–Crippen LogP) is 1.61. The second-order valence-electron chi connectivity index (χ2n) is 4.39. The van der Waals surface area contributed by atoms with Crippen molar-refractivity contribution in [1.82, 2.24) is 0 Å². The summed E-state index contributed by atoms with van der Waals surface area (Å²) in [5.41, 5.74) is 0.682. The number of benzene rings is 1. The monoisotopic (exact) mass is 263 g/mol. The first-order chi connectivity index (χ1) is 9.10. The molecule has 1 amide bonds. The summed E-state index contributed by atoms with van der Waals surface area (Å²) in [6, 6.07) is 6.51. The van der Waals surface area contributed by atoms with Crippen molar-refractivity contribution in [2.75, 3.05) is 18.6 Å². The molecule has 1 saturated heterocycles. The molecule has 19 heavy (non-hydrogen) atoms. The minimum Gasteiger partial charge on any atom is -0.497 e. The van der Waals surface area contributed by atoms with Gasteiger partial charge in [-0.05, 0) is 31.2 Å². The number of hydrogen-bond acceptors (Lipinski definition) is 4. The Bertz CT molecular complexity index is 483. The third kappa shape index (κ3) is 2.28. The molecule has 1 aliphatic rings. The summed E-state index contributed by atoms with van der Waals surface area (Å²) in [6.07, 6.45) is 0. The first-order valence-electron chi connectivity index (χ1n) is 6.24. The van der Waals surface area contributed by atoms with Crippen LogP contribution in [0.4, 0.5) is 5.69 Å². The molecular formula is C14H17NO4. The Kier molecular flexibility index (Phi) is 3.74. The zero-order valence-electron chi connectivity index (χ0n) is 11.3. The van der Waals surface area contributed by atoms with E-state index in [-0.39, 0.29) is 17.8 Å². The predicted molar refractivity (Wildman–Crippen MR) is 70.1 cm³/mol. The van der Waals surface area contributed by atoms with Crippen LogP contribution in [0.5, 0.6) is 5.75 Å². The van der Waals surface area contributed by atoms with Gasteiger partial charge in [0.2, 0.25) is 5.91 Å². The lowest BCUT2D eigenvalue weighted by molar-refractivity contribution is -0.153. The van der Waals surface area contributed by atoms with Gasteiger partial charge in [-0.25, -0.2) is 4.79 Å². The Hall–Kier alpha value is -2.04. The van der Waals surface area contributed by atoms with E-state index in [9.17, 15) is 9.59 Å². The Morgan fingerprint density at radius 2 is 1.95 bits per heavy atom. The molecule has 1 aliphatic heterocycles. The molecule has 5 heteroatoms. The van der Waals surface area contributed by atoms with Crippen LogP contribution in [0.1, 0.15) is 13.8 Å². The number of amides is 1. The zero-order chi connectivity index (χ0) is 14.0. The molecule has 0 radical (unpaired) electrons. The van der Waals surface area contributed by atoms with Crippen LogP contribution in [-0.4, -0.2) is 31.6 Å². The van der Waals surface area contributed by atoms with Gasteiger partial charge in [0.05, 0.1) is 19.6 Å². The van der Waals surface area contributed by atoms with Crippen LogP contribution in [-0.2, 0) is 14.3 Å². The summed E-state index contributed by atoms with van der Waals surface area (Å²) in [7, 11) is 1.58. The normalized spacial score (nSPS) is 21.8. The van der Waals surface area contributed by atoms with Crippen molar-refractivity contribution in [2.24, 2.45) is 5.92 Å². The van der Waals surface area contributed by atoms with E-state index in [1.807, 2.05) is 0 Å². The SMILES string of the molecule is CCOC(=O)C1C(C)C(=O)N1c1ccc(OC)cc1. The van der Waals surface area contributed by atoms with Gasteiger partial charge in [0.15, 0.2) is 0 Å². The minimum atomic E-state index is -0.527. The number of carbonyl (C=O) groups excluding carboxylic acids is 2. The van der Waals surface area contributed by atoms with E-state index >= 15 is 0 Å². The highest BCUT2D eigenvalue weighted by Crippen LogP contribution is 2.33. The smallest absolute Gasteiger partial charge is 0.330 e. The number of β-lactam (4-membered cyclic amide) rings is 1. The van der Waals surface area contributed by atoms with Crippen LogP contribution in [0.2, 0.25) is 0 Å². The van der Waals surface area contributed by atoms with Crippen molar-refractivity contribution >= 4 is 17.6 Å². The van der Waals surface area contributed by atoms with Gasteiger partial charge in [-0.15, -0.1) is 0 Å². The summed E-state index contributed by atoms with van der Waals surface area (Å²) in [6.45, 7) is 3.80. The van der Waals surface area contributed by atoms with Crippen LogP contribution >= 0.6 is 0 Å². The fourth-order valence-electron chi connectivity index (χ4n) is 2.20. The minimum absolute atomic E-state index is 0.0665. The van der Waals surface area contributed by atoms with Gasteiger partial charge >= 0.3 is 5.97 Å². The van der Waals surface area contributed by atoms with E-state index in [4.69, 9.17) is 9.47 Å². The molecule has 0 saturated carbocycles. The fraction of sp³-hybridized carbons (Fsp3) is 0.429. The molecular weight excluding hydrogens is 246 g/mol. The van der Waals surface area contributed by atoms with Crippen LogP contribution in [0.25, 0.3) is 0 Å². The molecule has 1 aromatic rings. The topological polar surface area (TPSA) is 55.8 Å². The van der Waals surface area contributed by atoms with Gasteiger partial charge in [-0.1, -0.05) is 6.92 Å². The number of anilines is 1. The molecule has 2 atom stereocenters. The van der Waals surface area contributed by atoms with Crippen molar-refractivity contribution in [1.29, 1.82) is 0 Å². The van der Waals surface area contributed by atoms with Crippen molar-refractivity contribution in [3.05, 3.63) is 24.3 Å². The van der Waals surface area contributed by atoms with E-state index in [2.05, 4.69) is 0 Å². The van der Waals surface area contributed by atoms with Gasteiger partial charge in [0.25, 0.3) is 0 Å². The summed E-state index contributed by atoms with van der Waals surface area (Å²) in [5.74, 6) is -0.0488. The highest BCUT2D eigenvalue weighted by molar-refractivity contribution is 6.10. The Morgan fingerprint density at radius 1 is 1.32 bits per heavy atom. The highest BCUT2D eigenvalue weighted by atomic mass is 16.5. The van der Waals surface area contributed by atoms with Gasteiger partial charge in [-0.2, -0.15) is 0 Å². The Labute approximate surface area is 112 Å². The van der Waals surface area contributed by atoms with Gasteiger partial charge in [0, 0.05) is 5.69 Å². The maximum absolute atomic E-state index is 11.9. The number of esters is 1.